The van der Waals surface area contributed by atoms with Gasteiger partial charge in [0.05, 0.1) is 6.61 Å². The lowest BCUT2D eigenvalue weighted by molar-refractivity contribution is -0.144. The third-order valence-electron chi connectivity index (χ3n) is 3.37. The summed E-state index contributed by atoms with van der Waals surface area (Å²) in [5.41, 5.74) is 0. The van der Waals surface area contributed by atoms with Gasteiger partial charge in [0.25, 0.3) is 0 Å². The molecule has 0 aliphatic carbocycles. The molecule has 0 spiro atoms. The maximum absolute atomic E-state index is 11.0. The molecule has 148 valence electrons. The van der Waals surface area contributed by atoms with Crippen LogP contribution in [-0.4, -0.2) is 46.4 Å². The van der Waals surface area contributed by atoms with Crippen LogP contribution in [0.1, 0.15) is 84.0 Å². The minimum atomic E-state index is -0.739. The molecule has 25 heavy (non-hydrogen) atoms. The number of carbonyl (C=O) groups is 3. The first-order valence-electron chi connectivity index (χ1n) is 9.14. The highest BCUT2D eigenvalue weighted by molar-refractivity contribution is 5.69. The lowest BCUT2D eigenvalue weighted by atomic mass is 10.1. The molecular formula is C18H34O7. The van der Waals surface area contributed by atoms with Gasteiger partial charge in [0.2, 0.25) is 0 Å². The molecule has 0 unspecified atom stereocenters. The predicted molar refractivity (Wildman–Crippen MR) is 94.4 cm³/mol. The zero-order valence-electron chi connectivity index (χ0n) is 15.4. The van der Waals surface area contributed by atoms with Gasteiger partial charge in [0.1, 0.15) is 6.61 Å². The topological polar surface area (TPSA) is 121 Å². The molecule has 7 nitrogen and oxygen atoms in total. The number of hydrogen-bond acceptors (Lipinski definition) is 5. The van der Waals surface area contributed by atoms with E-state index in [0.29, 0.717) is 12.8 Å². The SMILES string of the molecule is CCCCCC(=O)O.O=C(O)CCCCCCCCC(=O)OCCO. The number of carboxylic acid groups (broad SMARTS) is 2. The molecule has 0 atom stereocenters. The van der Waals surface area contributed by atoms with E-state index in [1.807, 2.05) is 0 Å². The van der Waals surface area contributed by atoms with Crippen molar-refractivity contribution in [3.63, 3.8) is 0 Å². The van der Waals surface area contributed by atoms with E-state index >= 15 is 0 Å². The number of aliphatic carboxylic acids is 2. The van der Waals surface area contributed by atoms with E-state index in [1.165, 1.54) is 0 Å². The average molecular weight is 362 g/mol. The van der Waals surface area contributed by atoms with Gasteiger partial charge in [-0.1, -0.05) is 45.4 Å². The molecule has 0 saturated carbocycles. The normalized spacial score (nSPS) is 9.84. The standard InChI is InChI=1S/C12H22O5.C6H12O2/c13-9-10-17-12(16)8-6-4-2-1-3-5-7-11(14)15;1-2-3-4-5-6(7)8/h13H,1-10H2,(H,14,15);2-5H2,1H3,(H,7,8). The van der Waals surface area contributed by atoms with Crippen molar-refractivity contribution < 1.29 is 34.4 Å². The Kier molecular flexibility index (Phi) is 20.9. The Balaban J connectivity index is 0. The Morgan fingerprint density at radius 3 is 1.60 bits per heavy atom. The fraction of sp³-hybridized carbons (Fsp3) is 0.833. The molecule has 0 saturated heterocycles. The van der Waals surface area contributed by atoms with Crippen LogP contribution in [0.4, 0.5) is 0 Å². The number of rotatable bonds is 15. The fourth-order valence-electron chi connectivity index (χ4n) is 2.01. The van der Waals surface area contributed by atoms with Crippen molar-refractivity contribution in [1.82, 2.24) is 0 Å². The number of ether oxygens (including phenoxy) is 1. The van der Waals surface area contributed by atoms with Gasteiger partial charge in [0, 0.05) is 19.3 Å². The molecule has 0 fully saturated rings. The number of aliphatic hydroxyl groups is 1. The van der Waals surface area contributed by atoms with Crippen LogP contribution in [0.2, 0.25) is 0 Å². The first-order chi connectivity index (χ1) is 11.9. The molecule has 0 heterocycles. The number of aliphatic hydroxyl groups excluding tert-OH is 1. The molecule has 0 rings (SSSR count). The van der Waals surface area contributed by atoms with E-state index < -0.39 is 11.9 Å². The van der Waals surface area contributed by atoms with Crippen molar-refractivity contribution in [3.05, 3.63) is 0 Å². The second-order valence-electron chi connectivity index (χ2n) is 5.81. The molecule has 7 heteroatoms. The van der Waals surface area contributed by atoms with E-state index in [2.05, 4.69) is 6.92 Å². The number of hydrogen-bond donors (Lipinski definition) is 3. The highest BCUT2D eigenvalue weighted by atomic mass is 16.5. The van der Waals surface area contributed by atoms with Gasteiger partial charge in [0.15, 0.2) is 0 Å². The Morgan fingerprint density at radius 2 is 1.16 bits per heavy atom. The summed E-state index contributed by atoms with van der Waals surface area (Å²) in [4.78, 5) is 31.1. The molecule has 0 bridgehead atoms. The van der Waals surface area contributed by atoms with Crippen molar-refractivity contribution >= 4 is 17.9 Å². The first-order valence-corrected chi connectivity index (χ1v) is 9.14. The van der Waals surface area contributed by atoms with Crippen LogP contribution in [0.15, 0.2) is 0 Å². The van der Waals surface area contributed by atoms with E-state index in [0.717, 1.165) is 57.8 Å². The van der Waals surface area contributed by atoms with Crippen LogP contribution in [0.5, 0.6) is 0 Å². The minimum absolute atomic E-state index is 0.0774. The van der Waals surface area contributed by atoms with Crippen LogP contribution in [-0.2, 0) is 19.1 Å². The van der Waals surface area contributed by atoms with Crippen molar-refractivity contribution in [1.29, 1.82) is 0 Å². The Bertz CT molecular complexity index is 342. The monoisotopic (exact) mass is 362 g/mol. The van der Waals surface area contributed by atoms with Crippen LogP contribution < -0.4 is 0 Å². The van der Waals surface area contributed by atoms with Crippen LogP contribution >= 0.6 is 0 Å². The van der Waals surface area contributed by atoms with Crippen LogP contribution in [0, 0.1) is 0 Å². The van der Waals surface area contributed by atoms with Crippen molar-refractivity contribution in [2.75, 3.05) is 13.2 Å². The highest BCUT2D eigenvalue weighted by Crippen LogP contribution is 2.09. The van der Waals surface area contributed by atoms with Crippen molar-refractivity contribution in [2.45, 2.75) is 84.0 Å². The number of carbonyl (C=O) groups excluding carboxylic acids is 1. The third kappa shape index (κ3) is 27.5. The number of unbranched alkanes of at least 4 members (excludes halogenated alkanes) is 7. The summed E-state index contributed by atoms with van der Waals surface area (Å²) < 4.78 is 4.71. The maximum Gasteiger partial charge on any atom is 0.305 e. The highest BCUT2D eigenvalue weighted by Gasteiger charge is 2.02. The molecule has 0 radical (unpaired) electrons. The number of esters is 1. The summed E-state index contributed by atoms with van der Waals surface area (Å²) in [5.74, 6) is -1.68. The molecular weight excluding hydrogens is 328 g/mol. The molecule has 0 aliphatic rings. The largest absolute Gasteiger partial charge is 0.481 e. The Hall–Kier alpha value is -1.63. The van der Waals surface area contributed by atoms with Crippen molar-refractivity contribution in [3.8, 4) is 0 Å². The summed E-state index contributed by atoms with van der Waals surface area (Å²) in [7, 11) is 0. The molecule has 0 aromatic carbocycles. The average Bonchev–Trinajstić information content (AvgIpc) is 2.55. The van der Waals surface area contributed by atoms with Gasteiger partial charge in [-0.15, -0.1) is 0 Å². The summed E-state index contributed by atoms with van der Waals surface area (Å²) in [6.45, 7) is 2.01. The van der Waals surface area contributed by atoms with Gasteiger partial charge in [-0.05, 0) is 19.3 Å². The summed E-state index contributed by atoms with van der Waals surface area (Å²) in [5, 5.41) is 25.0. The Labute approximate surface area is 150 Å². The van der Waals surface area contributed by atoms with E-state index in [-0.39, 0.29) is 25.6 Å². The lowest BCUT2D eigenvalue weighted by Gasteiger charge is -2.02. The fourth-order valence-corrected chi connectivity index (χ4v) is 2.01. The van der Waals surface area contributed by atoms with Crippen molar-refractivity contribution in [2.24, 2.45) is 0 Å². The molecule has 0 aromatic heterocycles. The van der Waals surface area contributed by atoms with E-state index in [1.54, 1.807) is 0 Å². The third-order valence-corrected chi connectivity index (χ3v) is 3.37. The summed E-state index contributed by atoms with van der Waals surface area (Å²) in [6, 6.07) is 0. The molecule has 0 aromatic rings. The van der Waals surface area contributed by atoms with Gasteiger partial charge in [-0.2, -0.15) is 0 Å². The number of carboxylic acids is 2. The minimum Gasteiger partial charge on any atom is -0.481 e. The zero-order chi connectivity index (χ0) is 19.3. The zero-order valence-corrected chi connectivity index (χ0v) is 15.4. The molecule has 0 amide bonds. The second-order valence-corrected chi connectivity index (χ2v) is 5.81. The second kappa shape index (κ2) is 20.4. The van der Waals surface area contributed by atoms with E-state index in [4.69, 9.17) is 20.1 Å². The Morgan fingerprint density at radius 1 is 0.720 bits per heavy atom. The smallest absolute Gasteiger partial charge is 0.305 e. The van der Waals surface area contributed by atoms with Gasteiger partial charge in [-0.25, -0.2) is 0 Å². The van der Waals surface area contributed by atoms with Gasteiger partial charge >= 0.3 is 17.9 Å². The maximum atomic E-state index is 11.0. The van der Waals surface area contributed by atoms with Crippen LogP contribution in [0.25, 0.3) is 0 Å². The first kappa shape index (κ1) is 25.6. The summed E-state index contributed by atoms with van der Waals surface area (Å²) in [6.07, 6.45) is 9.37. The van der Waals surface area contributed by atoms with Gasteiger partial charge in [-0.3, -0.25) is 14.4 Å². The van der Waals surface area contributed by atoms with Gasteiger partial charge < -0.3 is 20.1 Å². The predicted octanol–water partition coefficient (Wildman–Crippen LogP) is 3.38. The van der Waals surface area contributed by atoms with E-state index in [9.17, 15) is 14.4 Å². The quantitative estimate of drug-likeness (QED) is 0.301. The lowest BCUT2D eigenvalue weighted by Crippen LogP contribution is -2.07. The summed E-state index contributed by atoms with van der Waals surface area (Å²) >= 11 is 0. The molecule has 0 aliphatic heterocycles. The molecule has 3 N–H and O–H groups in total. The van der Waals surface area contributed by atoms with Crippen LogP contribution in [0.3, 0.4) is 0 Å².